The minimum atomic E-state index is -0.256. The van der Waals surface area contributed by atoms with E-state index in [2.05, 4.69) is 4.99 Å². The van der Waals surface area contributed by atoms with Crippen LogP contribution in [0.1, 0.15) is 37.2 Å². The van der Waals surface area contributed by atoms with Gasteiger partial charge < -0.3 is 5.73 Å². The Labute approximate surface area is 112 Å². The second kappa shape index (κ2) is 6.31. The summed E-state index contributed by atoms with van der Waals surface area (Å²) in [5.74, 6) is 0.444. The molecule has 5 nitrogen and oxygen atoms in total. The first-order valence-electron chi connectivity index (χ1n) is 6.65. The van der Waals surface area contributed by atoms with Crippen LogP contribution in [0.3, 0.4) is 0 Å². The molecule has 0 fully saturated rings. The van der Waals surface area contributed by atoms with Crippen molar-refractivity contribution in [3.8, 4) is 0 Å². The van der Waals surface area contributed by atoms with Gasteiger partial charge in [-0.1, -0.05) is 36.8 Å². The highest BCUT2D eigenvalue weighted by Gasteiger charge is 2.28. The average Bonchev–Trinajstić information content (AvgIpc) is 2.61. The normalized spacial score (nSPS) is 21.3. The van der Waals surface area contributed by atoms with E-state index in [1.165, 1.54) is 0 Å². The van der Waals surface area contributed by atoms with Crippen molar-refractivity contribution >= 4 is 5.84 Å². The van der Waals surface area contributed by atoms with Gasteiger partial charge in [0.1, 0.15) is 0 Å². The Morgan fingerprint density at radius 3 is 2.79 bits per heavy atom. The topological polar surface area (TPSA) is 81.5 Å². The van der Waals surface area contributed by atoms with Gasteiger partial charge in [0.05, 0.1) is 17.8 Å². The van der Waals surface area contributed by atoms with E-state index in [9.17, 15) is 10.1 Å². The molecule has 0 bridgehead atoms. The molecule has 0 spiro atoms. The first kappa shape index (κ1) is 13.5. The van der Waals surface area contributed by atoms with Crippen molar-refractivity contribution in [1.29, 1.82) is 0 Å². The summed E-state index contributed by atoms with van der Waals surface area (Å²) >= 11 is 0. The van der Waals surface area contributed by atoms with Gasteiger partial charge in [0.25, 0.3) is 0 Å². The molecule has 0 radical (unpaired) electrons. The lowest BCUT2D eigenvalue weighted by Gasteiger charge is -2.20. The number of aliphatic imine (C=N–C) groups is 1. The first-order chi connectivity index (χ1) is 9.16. The van der Waals surface area contributed by atoms with E-state index in [4.69, 9.17) is 5.73 Å². The van der Waals surface area contributed by atoms with Crippen LogP contribution in [-0.4, -0.2) is 23.3 Å². The zero-order chi connectivity index (χ0) is 13.7. The fraction of sp³-hybridized carbons (Fsp3) is 0.500. The minimum Gasteiger partial charge on any atom is -0.387 e. The maximum Gasteiger partial charge on any atom is 0.212 e. The van der Waals surface area contributed by atoms with E-state index in [1.807, 2.05) is 30.3 Å². The highest BCUT2D eigenvalue weighted by atomic mass is 16.6. The quantitative estimate of drug-likeness (QED) is 0.667. The molecule has 102 valence electrons. The largest absolute Gasteiger partial charge is 0.387 e. The molecule has 19 heavy (non-hydrogen) atoms. The maximum absolute atomic E-state index is 10.9. The first-order valence-corrected chi connectivity index (χ1v) is 6.65. The lowest BCUT2D eigenvalue weighted by Crippen LogP contribution is -2.26. The molecule has 2 atom stereocenters. The van der Waals surface area contributed by atoms with Crippen molar-refractivity contribution in [2.75, 3.05) is 6.54 Å². The number of nitro groups is 1. The number of benzene rings is 1. The summed E-state index contributed by atoms with van der Waals surface area (Å²) in [7, 11) is 0. The van der Waals surface area contributed by atoms with Crippen LogP contribution in [0.25, 0.3) is 0 Å². The zero-order valence-electron chi connectivity index (χ0n) is 10.9. The molecule has 0 amide bonds. The summed E-state index contributed by atoms with van der Waals surface area (Å²) in [6.07, 6.45) is 3.71. The molecule has 0 aliphatic carbocycles. The van der Waals surface area contributed by atoms with Crippen molar-refractivity contribution in [3.05, 3.63) is 46.0 Å². The van der Waals surface area contributed by atoms with E-state index in [0.29, 0.717) is 5.84 Å². The Balaban J connectivity index is 2.26. The summed E-state index contributed by atoms with van der Waals surface area (Å²) in [6.45, 7) is -0.0918. The van der Waals surface area contributed by atoms with Crippen LogP contribution in [0.4, 0.5) is 0 Å². The van der Waals surface area contributed by atoms with Crippen LogP contribution < -0.4 is 5.73 Å². The van der Waals surface area contributed by atoms with Gasteiger partial charge in [-0.15, -0.1) is 0 Å². The molecule has 2 rings (SSSR count). The Hall–Kier alpha value is -1.91. The Kier molecular flexibility index (Phi) is 4.49. The highest BCUT2D eigenvalue weighted by molar-refractivity contribution is 5.80. The van der Waals surface area contributed by atoms with E-state index in [-0.39, 0.29) is 23.4 Å². The predicted molar refractivity (Wildman–Crippen MR) is 74.9 cm³/mol. The van der Waals surface area contributed by atoms with Gasteiger partial charge in [0.15, 0.2) is 0 Å². The lowest BCUT2D eigenvalue weighted by atomic mass is 9.89. The summed E-state index contributed by atoms with van der Waals surface area (Å²) in [5, 5.41) is 10.9. The standard InChI is InChI=1S/C14H19N3O2/c15-14-9-5-4-8-13(16-14)12(10-17(18)19)11-6-2-1-3-7-11/h1-3,6-7,12-13H,4-5,8-10H2,(H2,15,16). The molecule has 1 aromatic carbocycles. The fourth-order valence-electron chi connectivity index (χ4n) is 2.60. The smallest absolute Gasteiger partial charge is 0.212 e. The number of hydrogen-bond acceptors (Lipinski definition) is 4. The number of rotatable bonds is 4. The predicted octanol–water partition coefficient (Wildman–Crippen LogP) is 2.35. The monoisotopic (exact) mass is 261 g/mol. The van der Waals surface area contributed by atoms with Crippen LogP contribution >= 0.6 is 0 Å². The van der Waals surface area contributed by atoms with Crippen molar-refractivity contribution in [3.63, 3.8) is 0 Å². The average molecular weight is 261 g/mol. The molecular weight excluding hydrogens is 242 g/mol. The van der Waals surface area contributed by atoms with E-state index >= 15 is 0 Å². The van der Waals surface area contributed by atoms with Gasteiger partial charge in [0, 0.05) is 11.3 Å². The number of nitrogens with two attached hydrogens (primary N) is 1. The minimum absolute atomic E-state index is 0.0738. The SMILES string of the molecule is NC1=NC(C(C[N+](=O)[O-])c2ccccc2)CCCC1. The summed E-state index contributed by atoms with van der Waals surface area (Å²) < 4.78 is 0. The third-order valence-electron chi connectivity index (χ3n) is 3.55. The van der Waals surface area contributed by atoms with Crippen molar-refractivity contribution in [2.45, 2.75) is 37.6 Å². The van der Waals surface area contributed by atoms with Crippen LogP contribution in [0, 0.1) is 10.1 Å². The number of hydrogen-bond donors (Lipinski definition) is 1. The molecule has 0 aromatic heterocycles. The van der Waals surface area contributed by atoms with Gasteiger partial charge in [-0.2, -0.15) is 0 Å². The second-order valence-electron chi connectivity index (χ2n) is 4.97. The van der Waals surface area contributed by atoms with Gasteiger partial charge in [-0.3, -0.25) is 15.1 Å². The van der Waals surface area contributed by atoms with Gasteiger partial charge in [0.2, 0.25) is 6.54 Å². The van der Waals surface area contributed by atoms with Gasteiger partial charge in [-0.05, 0) is 18.4 Å². The van der Waals surface area contributed by atoms with E-state index in [1.54, 1.807) is 0 Å². The van der Waals surface area contributed by atoms with Crippen LogP contribution in [-0.2, 0) is 0 Å². The van der Waals surface area contributed by atoms with Crippen molar-refractivity contribution in [2.24, 2.45) is 10.7 Å². The maximum atomic E-state index is 10.9. The Morgan fingerprint density at radius 1 is 1.37 bits per heavy atom. The molecule has 0 saturated heterocycles. The molecule has 0 saturated carbocycles. The van der Waals surface area contributed by atoms with Crippen molar-refractivity contribution in [1.82, 2.24) is 0 Å². The molecule has 1 aromatic rings. The highest BCUT2D eigenvalue weighted by Crippen LogP contribution is 2.28. The van der Waals surface area contributed by atoms with Gasteiger partial charge in [-0.25, -0.2) is 0 Å². The third-order valence-corrected chi connectivity index (χ3v) is 3.55. The van der Waals surface area contributed by atoms with Crippen LogP contribution in [0.15, 0.2) is 35.3 Å². The van der Waals surface area contributed by atoms with Crippen LogP contribution in [0.5, 0.6) is 0 Å². The van der Waals surface area contributed by atoms with Gasteiger partial charge >= 0.3 is 0 Å². The summed E-state index contributed by atoms with van der Waals surface area (Å²) in [6, 6.07) is 9.53. The Morgan fingerprint density at radius 2 is 2.11 bits per heavy atom. The molecular formula is C14H19N3O2. The van der Waals surface area contributed by atoms with Crippen LogP contribution in [0.2, 0.25) is 0 Å². The third kappa shape index (κ3) is 3.77. The second-order valence-corrected chi connectivity index (χ2v) is 4.97. The number of nitrogens with zero attached hydrogens (tertiary/aromatic N) is 2. The van der Waals surface area contributed by atoms with Crippen molar-refractivity contribution < 1.29 is 4.92 Å². The molecule has 1 heterocycles. The van der Waals surface area contributed by atoms with E-state index < -0.39 is 0 Å². The van der Waals surface area contributed by atoms with E-state index in [0.717, 1.165) is 31.2 Å². The molecule has 2 N–H and O–H groups in total. The number of amidine groups is 1. The summed E-state index contributed by atoms with van der Waals surface area (Å²) in [4.78, 5) is 15.2. The molecule has 5 heteroatoms. The Bertz CT molecular complexity index is 459. The molecule has 1 aliphatic rings. The summed E-state index contributed by atoms with van der Waals surface area (Å²) in [5.41, 5.74) is 6.83. The molecule has 2 unspecified atom stereocenters. The fourth-order valence-corrected chi connectivity index (χ4v) is 2.60. The molecule has 1 aliphatic heterocycles. The zero-order valence-corrected chi connectivity index (χ0v) is 10.9. The lowest BCUT2D eigenvalue weighted by molar-refractivity contribution is -0.484.